The van der Waals surface area contributed by atoms with Crippen molar-refractivity contribution >= 4 is 29.1 Å². The molecule has 0 spiro atoms. The van der Waals surface area contributed by atoms with Crippen molar-refractivity contribution in [3.8, 4) is 34.1 Å². The summed E-state index contributed by atoms with van der Waals surface area (Å²) in [6, 6.07) is 24.3. The molecule has 4 aromatic rings. The van der Waals surface area contributed by atoms with Gasteiger partial charge in [-0.25, -0.2) is 0 Å². The van der Waals surface area contributed by atoms with Crippen LogP contribution in [-0.4, -0.2) is 49.2 Å². The molecule has 4 aromatic carbocycles. The molecule has 1 fully saturated rings. The standard InChI is InChI=1S/C31H32N2O4.ClH/c1-32-31(35)23-7-5-22(6-8-23)28-15-9-24-21-25(34)10-16-29(24)30(28)37-27-13-11-26(12-14-27)36-20-19-33-17-3-2-4-18-33;/h5-16,21,34H,2-4,17-20H2,1H3,(H,32,35);1H. The lowest BCUT2D eigenvalue weighted by Crippen LogP contribution is -2.33. The number of nitrogens with zero attached hydrogens (tertiary/aromatic N) is 1. The zero-order valence-corrected chi connectivity index (χ0v) is 22.3. The molecule has 0 unspecified atom stereocenters. The summed E-state index contributed by atoms with van der Waals surface area (Å²) in [7, 11) is 1.62. The molecule has 0 atom stereocenters. The van der Waals surface area contributed by atoms with Crippen LogP contribution in [-0.2, 0) is 0 Å². The number of hydrogen-bond acceptors (Lipinski definition) is 5. The first-order chi connectivity index (χ1) is 18.1. The predicted octanol–water partition coefficient (Wildman–Crippen LogP) is 6.65. The summed E-state index contributed by atoms with van der Waals surface area (Å²) in [5, 5.41) is 14.4. The number of fused-ring (bicyclic) bond motifs is 1. The molecule has 38 heavy (non-hydrogen) atoms. The van der Waals surface area contributed by atoms with Gasteiger partial charge in [0, 0.05) is 30.1 Å². The maximum absolute atomic E-state index is 12.0. The van der Waals surface area contributed by atoms with E-state index in [4.69, 9.17) is 9.47 Å². The molecule has 1 amide bonds. The van der Waals surface area contributed by atoms with E-state index < -0.39 is 0 Å². The van der Waals surface area contributed by atoms with Gasteiger partial charge in [-0.2, -0.15) is 0 Å². The molecule has 0 bridgehead atoms. The molecule has 7 heteroatoms. The fourth-order valence-corrected chi connectivity index (χ4v) is 4.77. The van der Waals surface area contributed by atoms with Crippen molar-refractivity contribution < 1.29 is 19.4 Å². The average molecular weight is 533 g/mol. The first kappa shape index (κ1) is 27.3. The molecule has 5 rings (SSSR count). The number of benzene rings is 4. The molecule has 1 heterocycles. The number of phenolic OH excluding ortho intramolecular Hbond substituents is 1. The Labute approximate surface area is 229 Å². The Bertz CT molecular complexity index is 1370. The number of ether oxygens (including phenoxy) is 2. The Kier molecular flexibility index (Phi) is 9.10. The Morgan fingerprint density at radius 2 is 1.61 bits per heavy atom. The van der Waals surface area contributed by atoms with Crippen LogP contribution in [0.4, 0.5) is 0 Å². The summed E-state index contributed by atoms with van der Waals surface area (Å²) in [6.45, 7) is 3.94. The van der Waals surface area contributed by atoms with E-state index in [0.717, 1.165) is 47.3 Å². The first-order valence-corrected chi connectivity index (χ1v) is 12.8. The van der Waals surface area contributed by atoms with Crippen LogP contribution in [0.15, 0.2) is 78.9 Å². The van der Waals surface area contributed by atoms with Crippen molar-refractivity contribution in [3.63, 3.8) is 0 Å². The van der Waals surface area contributed by atoms with Crippen LogP contribution in [0.3, 0.4) is 0 Å². The van der Waals surface area contributed by atoms with Crippen LogP contribution in [0.5, 0.6) is 23.0 Å². The second-order valence-corrected chi connectivity index (χ2v) is 9.33. The molecule has 0 aromatic heterocycles. The fourth-order valence-electron chi connectivity index (χ4n) is 4.77. The largest absolute Gasteiger partial charge is 0.508 e. The number of phenols is 1. The highest BCUT2D eigenvalue weighted by molar-refractivity contribution is 5.97. The molecule has 0 aliphatic carbocycles. The van der Waals surface area contributed by atoms with Gasteiger partial charge in [0.15, 0.2) is 0 Å². The van der Waals surface area contributed by atoms with E-state index in [1.54, 1.807) is 31.3 Å². The molecule has 1 saturated heterocycles. The Morgan fingerprint density at radius 3 is 2.32 bits per heavy atom. The summed E-state index contributed by atoms with van der Waals surface area (Å²) in [5.41, 5.74) is 2.41. The molecule has 0 radical (unpaired) electrons. The number of likely N-dealkylation sites (tertiary alicyclic amines) is 1. The monoisotopic (exact) mass is 532 g/mol. The zero-order valence-electron chi connectivity index (χ0n) is 21.5. The third-order valence-electron chi connectivity index (χ3n) is 6.81. The number of amides is 1. The summed E-state index contributed by atoms with van der Waals surface area (Å²) in [6.07, 6.45) is 3.89. The first-order valence-electron chi connectivity index (χ1n) is 12.8. The van der Waals surface area contributed by atoms with Gasteiger partial charge in [0.25, 0.3) is 5.91 Å². The number of halogens is 1. The van der Waals surface area contributed by atoms with Crippen LogP contribution >= 0.6 is 12.4 Å². The topological polar surface area (TPSA) is 71.0 Å². The Balaban J connectivity index is 0.00000336. The zero-order chi connectivity index (χ0) is 25.6. The molecular weight excluding hydrogens is 500 g/mol. The lowest BCUT2D eigenvalue weighted by molar-refractivity contribution is 0.0963. The van der Waals surface area contributed by atoms with E-state index in [1.807, 2.05) is 54.6 Å². The number of aromatic hydroxyl groups is 1. The van der Waals surface area contributed by atoms with Gasteiger partial charge in [-0.3, -0.25) is 9.69 Å². The minimum Gasteiger partial charge on any atom is -0.508 e. The lowest BCUT2D eigenvalue weighted by Gasteiger charge is -2.26. The van der Waals surface area contributed by atoms with Gasteiger partial charge in [0.2, 0.25) is 0 Å². The smallest absolute Gasteiger partial charge is 0.251 e. The summed E-state index contributed by atoms with van der Waals surface area (Å²) >= 11 is 0. The van der Waals surface area contributed by atoms with Crippen LogP contribution in [0.2, 0.25) is 0 Å². The SMILES string of the molecule is CNC(=O)c1ccc(-c2ccc3cc(O)ccc3c2Oc2ccc(OCCN3CCCCC3)cc2)cc1.Cl. The van der Waals surface area contributed by atoms with E-state index in [9.17, 15) is 9.90 Å². The van der Waals surface area contributed by atoms with E-state index in [1.165, 1.54) is 19.3 Å². The molecule has 1 aliphatic rings. The van der Waals surface area contributed by atoms with Crippen molar-refractivity contribution in [2.75, 3.05) is 33.3 Å². The molecular formula is C31H33ClN2O4. The van der Waals surface area contributed by atoms with E-state index in [-0.39, 0.29) is 24.1 Å². The van der Waals surface area contributed by atoms with Gasteiger partial charge >= 0.3 is 0 Å². The number of carbonyl (C=O) groups is 1. The Hall–Kier alpha value is -3.74. The quantitative estimate of drug-likeness (QED) is 0.266. The lowest BCUT2D eigenvalue weighted by atomic mass is 9.98. The average Bonchev–Trinajstić information content (AvgIpc) is 2.94. The minimum absolute atomic E-state index is 0. The molecule has 198 valence electrons. The van der Waals surface area contributed by atoms with Gasteiger partial charge in [-0.1, -0.05) is 24.6 Å². The highest BCUT2D eigenvalue weighted by atomic mass is 35.5. The normalized spacial score (nSPS) is 13.5. The van der Waals surface area contributed by atoms with Crippen LogP contribution in [0.1, 0.15) is 29.6 Å². The van der Waals surface area contributed by atoms with Crippen LogP contribution < -0.4 is 14.8 Å². The maximum atomic E-state index is 12.0. The number of hydrogen-bond donors (Lipinski definition) is 2. The number of piperidine rings is 1. The number of carbonyl (C=O) groups excluding carboxylic acids is 1. The van der Waals surface area contributed by atoms with Gasteiger partial charge in [-0.05, 0) is 97.5 Å². The number of rotatable bonds is 8. The highest BCUT2D eigenvalue weighted by Gasteiger charge is 2.14. The minimum atomic E-state index is -0.129. The predicted molar refractivity (Wildman–Crippen MR) is 154 cm³/mol. The van der Waals surface area contributed by atoms with Crippen molar-refractivity contribution in [1.29, 1.82) is 0 Å². The third kappa shape index (κ3) is 6.39. The van der Waals surface area contributed by atoms with Gasteiger partial charge in [0.05, 0.1) is 0 Å². The van der Waals surface area contributed by atoms with Gasteiger partial charge < -0.3 is 19.9 Å². The van der Waals surface area contributed by atoms with Gasteiger partial charge in [0.1, 0.15) is 29.6 Å². The van der Waals surface area contributed by atoms with Crippen molar-refractivity contribution in [1.82, 2.24) is 10.2 Å². The second kappa shape index (κ2) is 12.7. The fraction of sp³-hybridized carbons (Fsp3) is 0.258. The van der Waals surface area contributed by atoms with E-state index in [0.29, 0.717) is 23.7 Å². The summed E-state index contributed by atoms with van der Waals surface area (Å²) in [5.74, 6) is 2.26. The Morgan fingerprint density at radius 1 is 0.895 bits per heavy atom. The van der Waals surface area contributed by atoms with E-state index >= 15 is 0 Å². The summed E-state index contributed by atoms with van der Waals surface area (Å²) < 4.78 is 12.4. The summed E-state index contributed by atoms with van der Waals surface area (Å²) in [4.78, 5) is 14.4. The third-order valence-corrected chi connectivity index (χ3v) is 6.81. The molecule has 6 nitrogen and oxygen atoms in total. The molecule has 0 saturated carbocycles. The van der Waals surface area contributed by atoms with Crippen LogP contribution in [0.25, 0.3) is 21.9 Å². The van der Waals surface area contributed by atoms with Gasteiger partial charge in [-0.15, -0.1) is 12.4 Å². The van der Waals surface area contributed by atoms with Crippen molar-refractivity contribution in [2.45, 2.75) is 19.3 Å². The van der Waals surface area contributed by atoms with Crippen molar-refractivity contribution in [2.24, 2.45) is 0 Å². The second-order valence-electron chi connectivity index (χ2n) is 9.33. The number of nitrogens with one attached hydrogen (secondary N) is 1. The molecule has 1 aliphatic heterocycles. The highest BCUT2D eigenvalue weighted by Crippen LogP contribution is 2.40. The molecule has 2 N–H and O–H groups in total. The maximum Gasteiger partial charge on any atom is 0.251 e. The van der Waals surface area contributed by atoms with Crippen molar-refractivity contribution in [3.05, 3.63) is 84.4 Å². The van der Waals surface area contributed by atoms with Crippen LogP contribution in [0, 0.1) is 0 Å². The van der Waals surface area contributed by atoms with E-state index in [2.05, 4.69) is 10.2 Å².